The van der Waals surface area contributed by atoms with Crippen molar-refractivity contribution in [3.05, 3.63) is 83.7 Å². The van der Waals surface area contributed by atoms with E-state index >= 15 is 0 Å². The molecule has 4 aromatic heterocycles. The number of nitrogens with one attached hydrogen (secondary N) is 1. The number of amides is 1. The van der Waals surface area contributed by atoms with E-state index < -0.39 is 5.91 Å². The number of nitrogens with zero attached hydrogens (tertiary/aromatic N) is 5. The Labute approximate surface area is 192 Å². The normalized spacial score (nSPS) is 10.9. The van der Waals surface area contributed by atoms with Crippen molar-refractivity contribution in [3.63, 3.8) is 0 Å². The number of oxazole rings is 1. The van der Waals surface area contributed by atoms with Gasteiger partial charge in [0.05, 0.1) is 11.7 Å². The third-order valence-corrected chi connectivity index (χ3v) is 5.27. The van der Waals surface area contributed by atoms with Crippen LogP contribution < -0.4 is 11.1 Å². The standard InChI is InChI=1S/C23H16ClN7O2/c24-20-15(4-2-8-27-20)12-29-22(32)19-21(25)31-18(23-28-9-10-33-23)17(30-19)14-5-6-16-13(11-14)3-1-7-26-16/h1-11H,12H2,(H2,25,31)(H,29,32). The van der Waals surface area contributed by atoms with Crippen LogP contribution in [-0.4, -0.2) is 30.8 Å². The zero-order valence-electron chi connectivity index (χ0n) is 17.1. The van der Waals surface area contributed by atoms with Gasteiger partial charge in [-0.3, -0.25) is 9.78 Å². The highest BCUT2D eigenvalue weighted by atomic mass is 35.5. The molecule has 33 heavy (non-hydrogen) atoms. The van der Waals surface area contributed by atoms with Gasteiger partial charge in [-0.15, -0.1) is 0 Å². The third-order valence-electron chi connectivity index (χ3n) is 4.92. The van der Waals surface area contributed by atoms with E-state index in [9.17, 15) is 4.79 Å². The minimum atomic E-state index is -0.498. The Morgan fingerprint density at radius 3 is 2.67 bits per heavy atom. The molecule has 0 aliphatic rings. The van der Waals surface area contributed by atoms with Gasteiger partial charge in [0.15, 0.2) is 17.2 Å². The molecule has 162 valence electrons. The number of carbonyl (C=O) groups is 1. The number of carbonyl (C=O) groups excluding carboxylic acids is 1. The second-order valence-corrected chi connectivity index (χ2v) is 7.40. The predicted molar refractivity (Wildman–Crippen MR) is 123 cm³/mol. The fraction of sp³-hybridized carbons (Fsp3) is 0.0435. The first-order valence-corrected chi connectivity index (χ1v) is 10.3. The Hall–Kier alpha value is -4.37. The Kier molecular flexibility index (Phi) is 5.37. The van der Waals surface area contributed by atoms with Crippen molar-refractivity contribution in [2.45, 2.75) is 6.54 Å². The summed E-state index contributed by atoms with van der Waals surface area (Å²) in [7, 11) is 0. The smallest absolute Gasteiger partial charge is 0.274 e. The minimum absolute atomic E-state index is 0.0217. The zero-order chi connectivity index (χ0) is 22.8. The van der Waals surface area contributed by atoms with Gasteiger partial charge in [-0.25, -0.2) is 19.9 Å². The van der Waals surface area contributed by atoms with Crippen LogP contribution in [-0.2, 0) is 6.54 Å². The lowest BCUT2D eigenvalue weighted by Gasteiger charge is -2.12. The van der Waals surface area contributed by atoms with Crippen LogP contribution in [0.25, 0.3) is 33.7 Å². The number of anilines is 1. The van der Waals surface area contributed by atoms with Crippen LogP contribution in [0.3, 0.4) is 0 Å². The molecule has 4 heterocycles. The summed E-state index contributed by atoms with van der Waals surface area (Å²) in [4.78, 5) is 34.4. The summed E-state index contributed by atoms with van der Waals surface area (Å²) in [5, 5.41) is 3.98. The van der Waals surface area contributed by atoms with Crippen molar-refractivity contribution in [1.82, 2.24) is 30.2 Å². The third kappa shape index (κ3) is 4.09. The summed E-state index contributed by atoms with van der Waals surface area (Å²) in [6, 6.07) is 12.9. The molecule has 10 heteroatoms. The number of benzene rings is 1. The molecule has 0 saturated carbocycles. The molecular formula is C23H16ClN7O2. The van der Waals surface area contributed by atoms with E-state index in [1.807, 2.05) is 30.3 Å². The Balaban J connectivity index is 1.57. The molecule has 0 aliphatic carbocycles. The fourth-order valence-electron chi connectivity index (χ4n) is 3.34. The van der Waals surface area contributed by atoms with E-state index in [0.29, 0.717) is 27.7 Å². The monoisotopic (exact) mass is 457 g/mol. The lowest BCUT2D eigenvalue weighted by Crippen LogP contribution is -2.26. The average Bonchev–Trinajstić information content (AvgIpc) is 3.38. The van der Waals surface area contributed by atoms with E-state index in [4.69, 9.17) is 21.8 Å². The molecule has 0 aliphatic heterocycles. The van der Waals surface area contributed by atoms with Gasteiger partial charge in [0.2, 0.25) is 5.89 Å². The van der Waals surface area contributed by atoms with Crippen LogP contribution >= 0.6 is 11.6 Å². The molecule has 0 fully saturated rings. The molecule has 0 bridgehead atoms. The topological polar surface area (TPSA) is 133 Å². The molecule has 5 aromatic rings. The van der Waals surface area contributed by atoms with Crippen LogP contribution in [0.4, 0.5) is 5.82 Å². The van der Waals surface area contributed by atoms with E-state index in [2.05, 4.69) is 30.2 Å². The van der Waals surface area contributed by atoms with Crippen molar-refractivity contribution in [2.24, 2.45) is 0 Å². The molecule has 0 atom stereocenters. The van der Waals surface area contributed by atoms with E-state index in [1.165, 1.54) is 12.5 Å². The molecule has 9 nitrogen and oxygen atoms in total. The summed E-state index contributed by atoms with van der Waals surface area (Å²) in [6.07, 6.45) is 6.23. The summed E-state index contributed by atoms with van der Waals surface area (Å²) in [5.41, 5.74) is 9.02. The SMILES string of the molecule is Nc1nc(-c2ncco2)c(-c2ccc3ncccc3c2)nc1C(=O)NCc1cccnc1Cl. The molecule has 1 aromatic carbocycles. The summed E-state index contributed by atoms with van der Waals surface area (Å²) >= 11 is 6.08. The van der Waals surface area contributed by atoms with Crippen LogP contribution in [0.1, 0.15) is 16.1 Å². The number of hydrogen-bond acceptors (Lipinski definition) is 8. The quantitative estimate of drug-likeness (QED) is 0.379. The van der Waals surface area contributed by atoms with Gasteiger partial charge in [-0.05, 0) is 24.3 Å². The Morgan fingerprint density at radius 2 is 1.85 bits per heavy atom. The molecular weight excluding hydrogens is 442 g/mol. The van der Waals surface area contributed by atoms with Gasteiger partial charge in [-0.1, -0.05) is 29.8 Å². The van der Waals surface area contributed by atoms with Gasteiger partial charge >= 0.3 is 0 Å². The van der Waals surface area contributed by atoms with Crippen LogP contribution in [0.5, 0.6) is 0 Å². The second kappa shape index (κ2) is 8.64. The second-order valence-electron chi connectivity index (χ2n) is 7.04. The fourth-order valence-corrected chi connectivity index (χ4v) is 3.53. The largest absolute Gasteiger partial charge is 0.443 e. The summed E-state index contributed by atoms with van der Waals surface area (Å²) in [6.45, 7) is 0.158. The van der Waals surface area contributed by atoms with E-state index in [0.717, 1.165) is 10.9 Å². The zero-order valence-corrected chi connectivity index (χ0v) is 17.8. The molecule has 3 N–H and O–H groups in total. The molecule has 0 spiro atoms. The minimum Gasteiger partial charge on any atom is -0.443 e. The first-order valence-electron chi connectivity index (χ1n) is 9.90. The number of halogens is 1. The molecule has 0 unspecified atom stereocenters. The van der Waals surface area contributed by atoms with Crippen molar-refractivity contribution in [1.29, 1.82) is 0 Å². The number of fused-ring (bicyclic) bond motifs is 1. The molecule has 0 radical (unpaired) electrons. The van der Waals surface area contributed by atoms with E-state index in [1.54, 1.807) is 24.5 Å². The number of nitrogens with two attached hydrogens (primary N) is 1. The maximum Gasteiger partial charge on any atom is 0.274 e. The number of aromatic nitrogens is 5. The first kappa shape index (κ1) is 20.5. The number of pyridine rings is 2. The summed E-state index contributed by atoms with van der Waals surface area (Å²) < 4.78 is 5.44. The van der Waals surface area contributed by atoms with Gasteiger partial charge in [0.25, 0.3) is 5.91 Å². The highest BCUT2D eigenvalue weighted by Crippen LogP contribution is 2.31. The highest BCUT2D eigenvalue weighted by Gasteiger charge is 2.22. The van der Waals surface area contributed by atoms with Crippen molar-refractivity contribution < 1.29 is 9.21 Å². The van der Waals surface area contributed by atoms with Crippen LogP contribution in [0.2, 0.25) is 5.15 Å². The van der Waals surface area contributed by atoms with Gasteiger partial charge < -0.3 is 15.5 Å². The van der Waals surface area contributed by atoms with Crippen molar-refractivity contribution in [2.75, 3.05) is 5.73 Å². The van der Waals surface area contributed by atoms with Crippen LogP contribution in [0.15, 0.2) is 71.7 Å². The number of nitrogen functional groups attached to an aromatic ring is 1. The van der Waals surface area contributed by atoms with Crippen LogP contribution in [0, 0.1) is 0 Å². The number of hydrogen-bond donors (Lipinski definition) is 2. The number of rotatable bonds is 5. The first-order chi connectivity index (χ1) is 16.1. The molecule has 1 amide bonds. The maximum atomic E-state index is 12.9. The highest BCUT2D eigenvalue weighted by molar-refractivity contribution is 6.30. The maximum absolute atomic E-state index is 12.9. The van der Waals surface area contributed by atoms with Crippen molar-refractivity contribution in [3.8, 4) is 22.8 Å². The lowest BCUT2D eigenvalue weighted by molar-refractivity contribution is 0.0946. The van der Waals surface area contributed by atoms with Gasteiger partial charge in [0.1, 0.15) is 17.1 Å². The molecule has 0 saturated heterocycles. The predicted octanol–water partition coefficient (Wildman–Crippen LogP) is 3.91. The summed E-state index contributed by atoms with van der Waals surface area (Å²) in [5.74, 6) is -0.309. The molecule has 5 rings (SSSR count). The average molecular weight is 458 g/mol. The van der Waals surface area contributed by atoms with Crippen molar-refractivity contribution >= 4 is 34.2 Å². The van der Waals surface area contributed by atoms with Gasteiger partial charge in [0, 0.05) is 35.5 Å². The Bertz CT molecular complexity index is 1470. The lowest BCUT2D eigenvalue weighted by atomic mass is 10.1. The van der Waals surface area contributed by atoms with Gasteiger partial charge in [-0.2, -0.15) is 0 Å². The Morgan fingerprint density at radius 1 is 1.00 bits per heavy atom. The van der Waals surface area contributed by atoms with E-state index in [-0.39, 0.29) is 23.9 Å².